The van der Waals surface area contributed by atoms with Gasteiger partial charge in [-0.1, -0.05) is 0 Å². The molecule has 0 fully saturated rings. The van der Waals surface area contributed by atoms with E-state index in [9.17, 15) is 9.59 Å². The summed E-state index contributed by atoms with van der Waals surface area (Å²) in [7, 11) is 0. The van der Waals surface area contributed by atoms with Crippen LogP contribution in [0.25, 0.3) is 0 Å². The van der Waals surface area contributed by atoms with Crippen LogP contribution >= 0.6 is 0 Å². The second-order valence-electron chi connectivity index (χ2n) is 3.84. The van der Waals surface area contributed by atoms with E-state index in [1.807, 2.05) is 0 Å². The van der Waals surface area contributed by atoms with Crippen LogP contribution in [-0.4, -0.2) is 29.5 Å². The third-order valence-corrected chi connectivity index (χ3v) is 2.33. The molecule has 0 aromatic carbocycles. The highest BCUT2D eigenvalue weighted by atomic mass is 16.5. The Balaban J connectivity index is 2.76. The van der Waals surface area contributed by atoms with Gasteiger partial charge in [0.25, 0.3) is 5.91 Å². The van der Waals surface area contributed by atoms with Crippen LogP contribution < -0.4 is 11.1 Å². The summed E-state index contributed by atoms with van der Waals surface area (Å²) in [6, 6.07) is 1.48. The maximum absolute atomic E-state index is 11.8. The smallest absolute Gasteiger partial charge is 0.340 e. The summed E-state index contributed by atoms with van der Waals surface area (Å²) in [4.78, 5) is 27.2. The van der Waals surface area contributed by atoms with Crippen molar-refractivity contribution in [3.05, 3.63) is 23.5 Å². The lowest BCUT2D eigenvalue weighted by Gasteiger charge is -2.13. The Hall–Kier alpha value is -2.11. The van der Waals surface area contributed by atoms with E-state index in [1.165, 1.54) is 19.2 Å². The van der Waals surface area contributed by atoms with Crippen LogP contribution in [0.5, 0.6) is 0 Å². The molecule has 1 unspecified atom stereocenters. The minimum atomic E-state index is -0.849. The van der Waals surface area contributed by atoms with Crippen molar-refractivity contribution in [2.75, 3.05) is 12.3 Å². The van der Waals surface area contributed by atoms with Crippen molar-refractivity contribution in [3.63, 3.8) is 0 Å². The number of ether oxygens (including phenoxy) is 1. The molecule has 0 spiro atoms. The second kappa shape index (κ2) is 6.00. The Bertz CT molecular complexity index is 460. The Morgan fingerprint density at radius 1 is 1.56 bits per heavy atom. The zero-order valence-electron chi connectivity index (χ0n) is 10.7. The number of hydrogen-bond acceptors (Lipinski definition) is 5. The van der Waals surface area contributed by atoms with Gasteiger partial charge < -0.3 is 15.8 Å². The van der Waals surface area contributed by atoms with E-state index in [2.05, 4.69) is 10.3 Å². The number of esters is 1. The van der Waals surface area contributed by atoms with E-state index in [0.29, 0.717) is 17.9 Å². The summed E-state index contributed by atoms with van der Waals surface area (Å²) < 4.78 is 5.04. The standard InChI is InChI=1S/C12H17N3O3/c1-4-14-11(16)8(3)18-12(17)10-5-9(13)6-15-7(10)2/h5-6,8H,4,13H2,1-3H3,(H,14,16). The first-order chi connectivity index (χ1) is 8.45. The lowest BCUT2D eigenvalue weighted by atomic mass is 10.2. The van der Waals surface area contributed by atoms with E-state index >= 15 is 0 Å². The molecular formula is C12H17N3O3. The van der Waals surface area contributed by atoms with Crippen LogP contribution in [0, 0.1) is 6.92 Å². The number of nitrogens with one attached hydrogen (secondary N) is 1. The van der Waals surface area contributed by atoms with Gasteiger partial charge in [0, 0.05) is 6.54 Å². The first kappa shape index (κ1) is 14.0. The highest BCUT2D eigenvalue weighted by Gasteiger charge is 2.19. The zero-order chi connectivity index (χ0) is 13.7. The monoisotopic (exact) mass is 251 g/mol. The number of carbonyl (C=O) groups is 2. The summed E-state index contributed by atoms with van der Waals surface area (Å²) >= 11 is 0. The fraction of sp³-hybridized carbons (Fsp3) is 0.417. The third-order valence-electron chi connectivity index (χ3n) is 2.33. The third kappa shape index (κ3) is 3.44. The molecule has 1 heterocycles. The first-order valence-electron chi connectivity index (χ1n) is 5.66. The first-order valence-corrected chi connectivity index (χ1v) is 5.66. The molecule has 18 heavy (non-hydrogen) atoms. The van der Waals surface area contributed by atoms with Crippen molar-refractivity contribution in [3.8, 4) is 0 Å². The van der Waals surface area contributed by atoms with Gasteiger partial charge in [-0.05, 0) is 26.8 Å². The Labute approximate surface area is 106 Å². The molecule has 98 valence electrons. The fourth-order valence-electron chi connectivity index (χ4n) is 1.35. The fourth-order valence-corrected chi connectivity index (χ4v) is 1.35. The number of aromatic nitrogens is 1. The number of rotatable bonds is 4. The molecular weight excluding hydrogens is 234 g/mol. The number of nitrogens with two attached hydrogens (primary N) is 1. The summed E-state index contributed by atoms with van der Waals surface area (Å²) in [5, 5.41) is 2.57. The lowest BCUT2D eigenvalue weighted by Crippen LogP contribution is -2.35. The van der Waals surface area contributed by atoms with E-state index in [1.54, 1.807) is 13.8 Å². The molecule has 0 aliphatic carbocycles. The maximum atomic E-state index is 11.8. The average molecular weight is 251 g/mol. The molecule has 0 bridgehead atoms. The molecule has 0 radical (unpaired) electrons. The van der Waals surface area contributed by atoms with E-state index in [-0.39, 0.29) is 11.5 Å². The predicted molar refractivity (Wildman–Crippen MR) is 66.9 cm³/mol. The lowest BCUT2D eigenvalue weighted by molar-refractivity contribution is -0.128. The van der Waals surface area contributed by atoms with E-state index in [0.717, 1.165) is 0 Å². The van der Waals surface area contributed by atoms with Gasteiger partial charge in [0.05, 0.1) is 23.1 Å². The minimum Gasteiger partial charge on any atom is -0.449 e. The number of anilines is 1. The van der Waals surface area contributed by atoms with Crippen molar-refractivity contribution < 1.29 is 14.3 Å². The Morgan fingerprint density at radius 3 is 2.83 bits per heavy atom. The van der Waals surface area contributed by atoms with Crippen LogP contribution in [0.2, 0.25) is 0 Å². The molecule has 6 heteroatoms. The number of pyridine rings is 1. The van der Waals surface area contributed by atoms with Gasteiger partial charge in [-0.2, -0.15) is 0 Å². The molecule has 0 saturated carbocycles. The molecule has 1 aromatic heterocycles. The highest BCUT2D eigenvalue weighted by Crippen LogP contribution is 2.12. The molecule has 0 aliphatic rings. The SMILES string of the molecule is CCNC(=O)C(C)OC(=O)c1cc(N)cnc1C. The molecule has 1 rings (SSSR count). The van der Waals surface area contributed by atoms with Crippen molar-refractivity contribution in [2.24, 2.45) is 0 Å². The normalized spacial score (nSPS) is 11.7. The number of carbonyl (C=O) groups excluding carboxylic acids is 2. The molecule has 1 amide bonds. The van der Waals surface area contributed by atoms with Crippen LogP contribution in [-0.2, 0) is 9.53 Å². The molecule has 6 nitrogen and oxygen atoms in total. The quantitative estimate of drug-likeness (QED) is 0.766. The van der Waals surface area contributed by atoms with E-state index < -0.39 is 12.1 Å². The van der Waals surface area contributed by atoms with Gasteiger partial charge >= 0.3 is 5.97 Å². The molecule has 1 atom stereocenters. The van der Waals surface area contributed by atoms with Crippen LogP contribution in [0.15, 0.2) is 12.3 Å². The van der Waals surface area contributed by atoms with E-state index in [4.69, 9.17) is 10.5 Å². The van der Waals surface area contributed by atoms with Gasteiger partial charge in [0.2, 0.25) is 0 Å². The van der Waals surface area contributed by atoms with Crippen LogP contribution in [0.1, 0.15) is 29.9 Å². The number of amides is 1. The summed E-state index contributed by atoms with van der Waals surface area (Å²) in [5.74, 6) is -0.939. The summed E-state index contributed by atoms with van der Waals surface area (Å²) in [6.07, 6.45) is 0.609. The molecule has 1 aromatic rings. The van der Waals surface area contributed by atoms with Crippen LogP contribution in [0.4, 0.5) is 5.69 Å². The number of aryl methyl sites for hydroxylation is 1. The second-order valence-corrected chi connectivity index (χ2v) is 3.84. The molecule has 0 saturated heterocycles. The van der Waals surface area contributed by atoms with Crippen LogP contribution in [0.3, 0.4) is 0 Å². The zero-order valence-corrected chi connectivity index (χ0v) is 10.7. The van der Waals surface area contributed by atoms with Gasteiger partial charge in [-0.3, -0.25) is 9.78 Å². The number of hydrogen-bond donors (Lipinski definition) is 2. The van der Waals surface area contributed by atoms with Gasteiger partial charge in [-0.15, -0.1) is 0 Å². The van der Waals surface area contributed by atoms with Gasteiger partial charge in [-0.25, -0.2) is 4.79 Å². The van der Waals surface area contributed by atoms with Crippen molar-refractivity contribution in [1.29, 1.82) is 0 Å². The number of nitrogen functional groups attached to an aromatic ring is 1. The van der Waals surface area contributed by atoms with Gasteiger partial charge in [0.15, 0.2) is 6.10 Å². The van der Waals surface area contributed by atoms with Gasteiger partial charge in [0.1, 0.15) is 0 Å². The Morgan fingerprint density at radius 2 is 2.22 bits per heavy atom. The highest BCUT2D eigenvalue weighted by molar-refractivity contribution is 5.93. The predicted octanol–water partition coefficient (Wildman–Crippen LogP) is 0.654. The topological polar surface area (TPSA) is 94.3 Å². The molecule has 3 N–H and O–H groups in total. The summed E-state index contributed by atoms with van der Waals surface area (Å²) in [6.45, 7) is 5.46. The van der Waals surface area contributed by atoms with Crippen molar-refractivity contribution in [2.45, 2.75) is 26.9 Å². The van der Waals surface area contributed by atoms with Crippen molar-refractivity contribution >= 4 is 17.6 Å². The number of nitrogens with zero attached hydrogens (tertiary/aromatic N) is 1. The van der Waals surface area contributed by atoms with Crippen molar-refractivity contribution in [1.82, 2.24) is 10.3 Å². The summed E-state index contributed by atoms with van der Waals surface area (Å²) in [5.41, 5.74) is 6.71. The largest absolute Gasteiger partial charge is 0.449 e. The molecule has 0 aliphatic heterocycles. The Kier molecular flexibility index (Phi) is 4.65. The maximum Gasteiger partial charge on any atom is 0.340 e. The average Bonchev–Trinajstić information content (AvgIpc) is 2.32. The number of likely N-dealkylation sites (N-methyl/N-ethyl adjacent to an activating group) is 1. The minimum absolute atomic E-state index is 0.270.